The van der Waals surface area contributed by atoms with E-state index in [9.17, 15) is 14.7 Å². The molecule has 0 spiro atoms. The summed E-state index contributed by atoms with van der Waals surface area (Å²) in [5.41, 5.74) is 9.42. The van der Waals surface area contributed by atoms with Crippen LogP contribution in [0.15, 0.2) is 85.2 Å². The average molecular weight is 1020 g/mol. The summed E-state index contributed by atoms with van der Waals surface area (Å²) in [5.74, 6) is -1.24. The van der Waals surface area contributed by atoms with Gasteiger partial charge in [-0.25, -0.2) is 23.8 Å². The van der Waals surface area contributed by atoms with Crippen LogP contribution in [0.1, 0.15) is 81.3 Å². The zero-order valence-corrected chi connectivity index (χ0v) is 37.9. The molecule has 56 heavy (non-hydrogen) atoms. The van der Waals surface area contributed by atoms with Crippen molar-refractivity contribution in [2.45, 2.75) is 84.5 Å². The fourth-order valence-corrected chi connectivity index (χ4v) is 5.97. The van der Waals surface area contributed by atoms with Gasteiger partial charge in [0.1, 0.15) is 11.4 Å². The van der Waals surface area contributed by atoms with E-state index in [1.165, 1.54) is 17.4 Å². The number of hydrogen-bond acceptors (Lipinski definition) is 8. The molecule has 2 radical (unpaired) electrons. The topological polar surface area (TPSA) is 156 Å². The van der Waals surface area contributed by atoms with Crippen molar-refractivity contribution in [3.8, 4) is 22.5 Å². The predicted molar refractivity (Wildman–Crippen MR) is 221 cm³/mol. The molecule has 4 heterocycles. The van der Waals surface area contributed by atoms with Crippen molar-refractivity contribution in [3.05, 3.63) is 107 Å². The van der Waals surface area contributed by atoms with Gasteiger partial charge in [-0.05, 0) is 110 Å². The summed E-state index contributed by atoms with van der Waals surface area (Å²) in [6.07, 6.45) is 7.86. The van der Waals surface area contributed by atoms with Crippen molar-refractivity contribution < 1.29 is 45.8 Å². The summed E-state index contributed by atoms with van der Waals surface area (Å²) in [5, 5.41) is 21.9. The second kappa shape index (κ2) is 21.7. The number of nitrogens with two attached hydrogens (primary N) is 1. The van der Waals surface area contributed by atoms with Crippen LogP contribution in [0, 0.1) is 31.1 Å². The zero-order chi connectivity index (χ0) is 40.9. The molecule has 1 amide bonds. The van der Waals surface area contributed by atoms with E-state index in [4.69, 9.17) is 30.3 Å². The van der Waals surface area contributed by atoms with Crippen molar-refractivity contribution in [2.24, 2.45) is 5.73 Å². The van der Waals surface area contributed by atoms with Crippen molar-refractivity contribution >= 4 is 54.7 Å². The zero-order valence-electron chi connectivity index (χ0n) is 33.2. The quantitative estimate of drug-likeness (QED) is 0.134. The van der Waals surface area contributed by atoms with Crippen LogP contribution < -0.4 is 11.1 Å². The number of benzene rings is 2. The number of carbonyl (C=O) groups is 2. The van der Waals surface area contributed by atoms with E-state index in [-0.39, 0.29) is 48.8 Å². The molecule has 0 atom stereocenters. The number of carboxylic acid groups (broad SMARTS) is 1. The Balaban J connectivity index is 0.000000225. The Bertz CT molecular complexity index is 2170. The number of imidazole rings is 2. The number of halogens is 2. The SMILES string of the molecule is CCN(C(C)C)C(C)C.NC1CC1.O=C(NC1CC1)c1nc2cccnn2c1-c1ccc(Cl)cc1.O=C(O)c1nc2cccnn2c1-c1ccc(Cl)cc1.[3H][B].[U]. The molecule has 4 N–H and O–H groups in total. The maximum atomic E-state index is 12.5. The number of aromatic nitrogens is 6. The van der Waals surface area contributed by atoms with Crippen LogP contribution in [-0.4, -0.2) is 91.5 Å². The Kier molecular flexibility index (Phi) is 17.4. The molecule has 8 rings (SSSR count). The van der Waals surface area contributed by atoms with Crippen LogP contribution in [0.25, 0.3) is 33.8 Å². The van der Waals surface area contributed by atoms with E-state index in [0.717, 1.165) is 24.9 Å². The van der Waals surface area contributed by atoms with Crippen molar-refractivity contribution in [1.82, 2.24) is 39.4 Å². The predicted octanol–water partition coefficient (Wildman–Crippen LogP) is 7.27. The number of rotatable bonds is 8. The molecule has 0 saturated heterocycles. The minimum absolute atomic E-state index is 0. The molecule has 12 nitrogen and oxygen atoms in total. The molecular formula is C40H48BCl2N9O3U. The first-order valence-corrected chi connectivity index (χ1v) is 18.9. The van der Waals surface area contributed by atoms with E-state index >= 15 is 0 Å². The number of nitrogens with one attached hydrogen (secondary N) is 1. The van der Waals surface area contributed by atoms with Gasteiger partial charge < -0.3 is 16.2 Å². The van der Waals surface area contributed by atoms with Gasteiger partial charge in [0.15, 0.2) is 22.7 Å². The molecule has 2 saturated carbocycles. The van der Waals surface area contributed by atoms with E-state index in [1.54, 1.807) is 71.5 Å². The molecule has 2 aromatic carbocycles. The maximum absolute atomic E-state index is 12.5. The van der Waals surface area contributed by atoms with Crippen molar-refractivity contribution in [1.29, 1.82) is 1.34 Å². The van der Waals surface area contributed by atoms with Crippen LogP contribution in [0.4, 0.5) is 0 Å². The summed E-state index contributed by atoms with van der Waals surface area (Å²) in [6, 6.07) is 23.5. The third-order valence-corrected chi connectivity index (χ3v) is 9.17. The van der Waals surface area contributed by atoms with E-state index in [1.807, 2.05) is 18.2 Å². The van der Waals surface area contributed by atoms with Crippen LogP contribution in [0.5, 0.6) is 0 Å². The first-order valence-electron chi connectivity index (χ1n) is 18.7. The molecule has 6 aromatic rings. The number of fused-ring (bicyclic) bond motifs is 2. The largest absolute Gasteiger partial charge is 0.476 e. The first-order chi connectivity index (χ1) is 26.9. The molecule has 2 aliphatic carbocycles. The first kappa shape index (κ1) is 44.9. The molecule has 2 fully saturated rings. The number of hydrogen-bond donors (Lipinski definition) is 3. The van der Waals surface area contributed by atoms with Gasteiger partial charge in [-0.3, -0.25) is 9.69 Å². The van der Waals surface area contributed by atoms with Gasteiger partial charge in [0, 0.05) is 97.2 Å². The van der Waals surface area contributed by atoms with E-state index in [0.29, 0.717) is 62.1 Å². The number of amides is 1. The standard InChI is InChI=1S/C16H13ClN4O.C13H8ClN3O2.C8H19N.C3H7N.BH.U/c17-11-5-3-10(4-6-11)15-14(16(22)19-12-7-8-12)20-13-2-1-9-18-21(13)15;14-9-5-3-8(4-6-9)12-11(13(18)19)16-10-2-1-7-15-17(10)12;1-6-9(7(2)3)8(4)5;4-3-1-2-3;;/h1-6,9,12H,7-8H2,(H,19,22);1-7H,(H,18,19);7-8H,6H2,1-5H3;3H,1-2,4H2;1H;/i;;;;1T;. The van der Waals surface area contributed by atoms with Crippen molar-refractivity contribution in [2.75, 3.05) is 6.54 Å². The Hall–Kier alpha value is -3.76. The van der Waals surface area contributed by atoms with Crippen molar-refractivity contribution in [3.63, 3.8) is 0 Å². The molecule has 16 heteroatoms. The number of carboxylic acids is 1. The summed E-state index contributed by atoms with van der Waals surface area (Å²) >= 11 is 11.8. The Morgan fingerprint density at radius 3 is 1.57 bits per heavy atom. The van der Waals surface area contributed by atoms with Crippen LogP contribution >= 0.6 is 23.2 Å². The molecule has 0 bridgehead atoms. The van der Waals surface area contributed by atoms with Gasteiger partial charge in [0.25, 0.3) is 5.91 Å². The second-order valence-electron chi connectivity index (χ2n) is 13.6. The summed E-state index contributed by atoms with van der Waals surface area (Å²) in [4.78, 5) is 34.8. The van der Waals surface area contributed by atoms with Gasteiger partial charge in [0.05, 0.1) is 0 Å². The van der Waals surface area contributed by atoms with Gasteiger partial charge in [-0.15, -0.1) is 0 Å². The fraction of sp³-hybridized carbons (Fsp3) is 0.350. The summed E-state index contributed by atoms with van der Waals surface area (Å²) in [7, 11) is 3.75. The van der Waals surface area contributed by atoms with Gasteiger partial charge in [-0.2, -0.15) is 10.2 Å². The number of aromatic carboxylic acids is 1. The van der Waals surface area contributed by atoms with Crippen LogP contribution in [-0.2, 0) is 0 Å². The number of nitrogens with zero attached hydrogens (tertiary/aromatic N) is 7. The van der Waals surface area contributed by atoms with E-state index < -0.39 is 5.97 Å². The number of carbonyl (C=O) groups excluding carboxylic acids is 1. The summed E-state index contributed by atoms with van der Waals surface area (Å²) < 4.78 is 8.44. The molecule has 0 unspecified atom stereocenters. The van der Waals surface area contributed by atoms with Gasteiger partial charge in [0.2, 0.25) is 0 Å². The third-order valence-electron chi connectivity index (χ3n) is 8.67. The molecule has 292 valence electrons. The third kappa shape index (κ3) is 12.6. The average Bonchev–Trinajstić information content (AvgIpc) is 4.10. The molecule has 4 aromatic heterocycles. The monoisotopic (exact) mass is 1020 g/mol. The van der Waals surface area contributed by atoms with E-state index in [2.05, 4.69) is 73.4 Å². The Morgan fingerprint density at radius 2 is 1.23 bits per heavy atom. The minimum atomic E-state index is -1.09. The van der Waals surface area contributed by atoms with Gasteiger partial charge >= 0.3 is 5.97 Å². The second-order valence-corrected chi connectivity index (χ2v) is 14.5. The Morgan fingerprint density at radius 1 is 0.821 bits per heavy atom. The summed E-state index contributed by atoms with van der Waals surface area (Å²) in [6.45, 7) is 12.3. The molecular weight excluding hydrogens is 974 g/mol. The van der Waals surface area contributed by atoms with Crippen LogP contribution in [0.3, 0.4) is 0 Å². The Labute approximate surface area is 364 Å². The molecule has 2 aliphatic rings. The smallest absolute Gasteiger partial charge is 0.356 e. The van der Waals surface area contributed by atoms with Gasteiger partial charge in [-0.1, -0.05) is 54.4 Å². The fourth-order valence-electron chi connectivity index (χ4n) is 5.72. The minimum Gasteiger partial charge on any atom is -0.476 e. The molecule has 0 aliphatic heterocycles. The normalized spacial score (nSPS) is 13.2. The van der Waals surface area contributed by atoms with Crippen LogP contribution in [0.2, 0.25) is 10.0 Å². The maximum Gasteiger partial charge on any atom is 0.356 e.